The van der Waals surface area contributed by atoms with E-state index >= 15 is 0 Å². The van der Waals surface area contributed by atoms with Gasteiger partial charge < -0.3 is 25.0 Å². The van der Waals surface area contributed by atoms with Crippen LogP contribution in [0.3, 0.4) is 0 Å². The first-order valence-electron chi connectivity index (χ1n) is 12.1. The Labute approximate surface area is 195 Å². The van der Waals surface area contributed by atoms with Gasteiger partial charge in [0.15, 0.2) is 0 Å². The smallest absolute Gasteiger partial charge is 0.410 e. The molecule has 1 aromatic carbocycles. The van der Waals surface area contributed by atoms with Crippen LogP contribution in [0.2, 0.25) is 0 Å². The predicted molar refractivity (Wildman–Crippen MR) is 124 cm³/mol. The minimum atomic E-state index is -0.551. The lowest BCUT2D eigenvalue weighted by atomic mass is 9.78. The summed E-state index contributed by atoms with van der Waals surface area (Å²) in [4.78, 5) is 29.7. The molecule has 8 nitrogen and oxygen atoms in total. The summed E-state index contributed by atoms with van der Waals surface area (Å²) < 4.78 is 5.31. The molecule has 3 fully saturated rings. The van der Waals surface area contributed by atoms with Gasteiger partial charge in [-0.15, -0.1) is 0 Å². The van der Waals surface area contributed by atoms with Crippen molar-refractivity contribution in [2.24, 2.45) is 5.41 Å². The molecule has 33 heavy (non-hydrogen) atoms. The molecule has 4 rings (SSSR count). The largest absolute Gasteiger partial charge is 0.412 e. The van der Waals surface area contributed by atoms with Crippen LogP contribution in [0.25, 0.3) is 0 Å². The summed E-state index contributed by atoms with van der Waals surface area (Å²) in [7, 11) is 0. The van der Waals surface area contributed by atoms with Crippen LogP contribution >= 0.6 is 0 Å². The van der Waals surface area contributed by atoms with Gasteiger partial charge in [-0.2, -0.15) is 5.26 Å². The Morgan fingerprint density at radius 1 is 1.24 bits per heavy atom. The molecule has 2 heterocycles. The first-order valence-corrected chi connectivity index (χ1v) is 12.1. The van der Waals surface area contributed by atoms with Gasteiger partial charge in [-0.05, 0) is 70.9 Å². The van der Waals surface area contributed by atoms with Gasteiger partial charge in [0.05, 0.1) is 22.8 Å². The highest BCUT2D eigenvalue weighted by atomic mass is 16.6. The van der Waals surface area contributed by atoms with Gasteiger partial charge in [-0.1, -0.05) is 0 Å². The van der Waals surface area contributed by atoms with Gasteiger partial charge in [0.25, 0.3) is 0 Å². The van der Waals surface area contributed by atoms with Gasteiger partial charge in [-0.3, -0.25) is 4.79 Å². The molecule has 0 aromatic heterocycles. The molecule has 2 N–H and O–H groups in total. The molecule has 2 amide bonds. The summed E-state index contributed by atoms with van der Waals surface area (Å²) in [6.45, 7) is 5.85. The maximum Gasteiger partial charge on any atom is 0.412 e. The molecule has 2 aliphatic heterocycles. The first-order chi connectivity index (χ1) is 15.8. The number of nitrogens with one attached hydrogen (secondary N) is 1. The third-order valence-corrected chi connectivity index (χ3v) is 7.28. The normalized spacial score (nSPS) is 27.7. The number of hydrogen-bond donors (Lipinski definition) is 2. The monoisotopic (exact) mass is 454 g/mol. The second-order valence-corrected chi connectivity index (χ2v) is 10.00. The van der Waals surface area contributed by atoms with Gasteiger partial charge in [0.2, 0.25) is 5.91 Å². The van der Waals surface area contributed by atoms with Crippen LogP contribution in [-0.4, -0.2) is 59.8 Å². The molecule has 2 saturated heterocycles. The number of amides is 2. The lowest BCUT2D eigenvalue weighted by Crippen LogP contribution is -2.50. The van der Waals surface area contributed by atoms with E-state index < -0.39 is 11.5 Å². The number of nitrogens with zero attached hydrogens (tertiary/aromatic N) is 3. The molecule has 1 atom stereocenters. The van der Waals surface area contributed by atoms with Crippen LogP contribution in [0.15, 0.2) is 18.2 Å². The summed E-state index contributed by atoms with van der Waals surface area (Å²) in [5.41, 5.74) is 0.804. The standard InChI is InChI=1S/C25H34N4O4/c1-17(2)27-24(32)33-21-8-9-22(18(14-21)15-26)28-12-3-10-25(16-28)11-13-29(23(25)31)19-4-6-20(30)7-5-19/h8-9,14,17,19-20,30H,3-7,10-13,16H2,1-2H3,(H,27,32). The SMILES string of the molecule is CC(C)NC(=O)Oc1ccc(N2CCCC3(CCN(C4CCC(O)CC4)C3=O)C2)c(C#N)c1. The van der Waals surface area contributed by atoms with Crippen LogP contribution in [-0.2, 0) is 4.79 Å². The lowest BCUT2D eigenvalue weighted by Gasteiger charge is -2.41. The van der Waals surface area contributed by atoms with E-state index in [4.69, 9.17) is 4.74 Å². The second kappa shape index (κ2) is 9.60. The van der Waals surface area contributed by atoms with E-state index in [1.165, 1.54) is 0 Å². The third-order valence-electron chi connectivity index (χ3n) is 7.28. The maximum atomic E-state index is 13.6. The van der Waals surface area contributed by atoms with Gasteiger partial charge in [-0.25, -0.2) is 4.79 Å². The molecule has 8 heteroatoms. The summed E-state index contributed by atoms with van der Waals surface area (Å²) in [5.74, 6) is 0.556. The maximum absolute atomic E-state index is 13.6. The van der Waals surface area contributed by atoms with Crippen molar-refractivity contribution in [3.8, 4) is 11.8 Å². The summed E-state index contributed by atoms with van der Waals surface area (Å²) in [5, 5.41) is 22.3. The Kier molecular flexibility index (Phi) is 6.80. The van der Waals surface area contributed by atoms with E-state index in [1.54, 1.807) is 12.1 Å². The molecule has 1 aromatic rings. The van der Waals surface area contributed by atoms with Gasteiger partial charge in [0, 0.05) is 37.8 Å². The van der Waals surface area contributed by atoms with Crippen molar-refractivity contribution in [3.63, 3.8) is 0 Å². The number of ether oxygens (including phenoxy) is 1. The van der Waals surface area contributed by atoms with E-state index in [2.05, 4.69) is 21.2 Å². The Balaban J connectivity index is 1.47. The number of anilines is 1. The van der Waals surface area contributed by atoms with Crippen molar-refractivity contribution in [3.05, 3.63) is 23.8 Å². The number of hydrogen-bond acceptors (Lipinski definition) is 6. The number of likely N-dealkylation sites (tertiary alicyclic amines) is 1. The van der Waals surface area contributed by atoms with E-state index in [1.807, 2.05) is 19.9 Å². The molecule has 1 unspecified atom stereocenters. The number of carbonyl (C=O) groups excluding carboxylic acids is 2. The summed E-state index contributed by atoms with van der Waals surface area (Å²) >= 11 is 0. The zero-order valence-electron chi connectivity index (χ0n) is 19.5. The second-order valence-electron chi connectivity index (χ2n) is 10.00. The summed E-state index contributed by atoms with van der Waals surface area (Å²) in [6, 6.07) is 7.53. The third kappa shape index (κ3) is 4.93. The quantitative estimate of drug-likeness (QED) is 0.724. The molecular weight excluding hydrogens is 420 g/mol. The van der Waals surface area contributed by atoms with Crippen LogP contribution in [0.1, 0.15) is 64.4 Å². The number of nitriles is 1. The number of aliphatic hydroxyl groups is 1. The highest BCUT2D eigenvalue weighted by molar-refractivity contribution is 5.86. The minimum Gasteiger partial charge on any atom is -0.410 e. The first kappa shape index (κ1) is 23.4. The average molecular weight is 455 g/mol. The number of piperidine rings is 1. The Morgan fingerprint density at radius 2 is 2.00 bits per heavy atom. The molecule has 178 valence electrons. The van der Waals surface area contributed by atoms with Crippen LogP contribution in [0.5, 0.6) is 5.75 Å². The number of aliphatic hydroxyl groups excluding tert-OH is 1. The molecule has 1 saturated carbocycles. The summed E-state index contributed by atoms with van der Waals surface area (Å²) in [6.07, 6.45) is 5.09. The van der Waals surface area contributed by atoms with Gasteiger partial charge in [0.1, 0.15) is 11.8 Å². The molecule has 0 bridgehead atoms. The molecule has 1 spiro atoms. The van der Waals surface area contributed by atoms with Crippen molar-refractivity contribution < 1.29 is 19.4 Å². The predicted octanol–water partition coefficient (Wildman–Crippen LogP) is 3.18. The fourth-order valence-electron chi connectivity index (χ4n) is 5.60. The zero-order valence-corrected chi connectivity index (χ0v) is 19.5. The Morgan fingerprint density at radius 3 is 2.70 bits per heavy atom. The fourth-order valence-corrected chi connectivity index (χ4v) is 5.60. The van der Waals surface area contributed by atoms with E-state index in [-0.39, 0.29) is 24.1 Å². The van der Waals surface area contributed by atoms with Crippen molar-refractivity contribution in [1.82, 2.24) is 10.2 Å². The van der Waals surface area contributed by atoms with E-state index in [0.29, 0.717) is 17.9 Å². The van der Waals surface area contributed by atoms with Crippen LogP contribution < -0.4 is 15.0 Å². The highest BCUT2D eigenvalue weighted by Gasteiger charge is 2.50. The van der Waals surface area contributed by atoms with Crippen LogP contribution in [0, 0.1) is 16.7 Å². The van der Waals surface area contributed by atoms with Crippen molar-refractivity contribution >= 4 is 17.7 Å². The van der Waals surface area contributed by atoms with E-state index in [0.717, 1.165) is 63.7 Å². The van der Waals surface area contributed by atoms with Crippen molar-refractivity contribution in [1.29, 1.82) is 5.26 Å². The fraction of sp³-hybridized carbons (Fsp3) is 0.640. The van der Waals surface area contributed by atoms with Crippen molar-refractivity contribution in [2.75, 3.05) is 24.5 Å². The Bertz CT molecular complexity index is 935. The van der Waals surface area contributed by atoms with E-state index in [9.17, 15) is 20.0 Å². The molecular formula is C25H34N4O4. The van der Waals surface area contributed by atoms with Crippen LogP contribution in [0.4, 0.5) is 10.5 Å². The topological polar surface area (TPSA) is 106 Å². The Hall–Kier alpha value is -2.79. The number of benzene rings is 1. The highest BCUT2D eigenvalue weighted by Crippen LogP contribution is 2.44. The minimum absolute atomic E-state index is 0.0426. The number of carbonyl (C=O) groups is 2. The van der Waals surface area contributed by atoms with Gasteiger partial charge >= 0.3 is 6.09 Å². The molecule has 1 aliphatic carbocycles. The zero-order chi connectivity index (χ0) is 23.6. The molecule has 0 radical (unpaired) electrons. The average Bonchev–Trinajstić information content (AvgIpc) is 3.09. The molecule has 3 aliphatic rings. The van der Waals surface area contributed by atoms with Crippen molar-refractivity contribution in [2.45, 2.75) is 77.0 Å². The lowest BCUT2D eigenvalue weighted by molar-refractivity contribution is -0.139. The number of rotatable bonds is 4.